The first-order chi connectivity index (χ1) is 6.52. The molecule has 0 atom stereocenters. The van der Waals surface area contributed by atoms with Crippen molar-refractivity contribution in [3.05, 3.63) is 12.4 Å². The maximum absolute atomic E-state index is 11.5. The SMILES string of the molecule is CN(C)CCNS(=O)(=O)c1cn[nH]c1. The molecular formula is C7H14N4O2S. The van der Waals surface area contributed by atoms with E-state index < -0.39 is 10.0 Å². The summed E-state index contributed by atoms with van der Waals surface area (Å²) >= 11 is 0. The van der Waals surface area contributed by atoms with Gasteiger partial charge in [0.1, 0.15) is 4.90 Å². The number of hydrogen-bond acceptors (Lipinski definition) is 4. The molecule has 0 aliphatic heterocycles. The van der Waals surface area contributed by atoms with E-state index in [-0.39, 0.29) is 4.90 Å². The molecule has 2 N–H and O–H groups in total. The Hall–Kier alpha value is -0.920. The van der Waals surface area contributed by atoms with E-state index in [2.05, 4.69) is 14.9 Å². The summed E-state index contributed by atoms with van der Waals surface area (Å²) in [6, 6.07) is 0. The lowest BCUT2D eigenvalue weighted by molar-refractivity contribution is 0.412. The van der Waals surface area contributed by atoms with Crippen LogP contribution in [-0.2, 0) is 10.0 Å². The average molecular weight is 218 g/mol. The van der Waals surface area contributed by atoms with Crippen molar-refractivity contribution >= 4 is 10.0 Å². The second-order valence-corrected chi connectivity index (χ2v) is 4.90. The van der Waals surface area contributed by atoms with Crippen LogP contribution >= 0.6 is 0 Å². The van der Waals surface area contributed by atoms with Crippen LogP contribution in [0.15, 0.2) is 17.3 Å². The van der Waals surface area contributed by atoms with Crippen LogP contribution in [0.5, 0.6) is 0 Å². The molecular weight excluding hydrogens is 204 g/mol. The Bertz CT molecular complexity index is 357. The fraction of sp³-hybridized carbons (Fsp3) is 0.571. The van der Waals surface area contributed by atoms with Crippen LogP contribution in [0.4, 0.5) is 0 Å². The molecule has 0 radical (unpaired) electrons. The molecule has 0 aromatic carbocycles. The molecule has 0 aliphatic carbocycles. The van der Waals surface area contributed by atoms with Crippen LogP contribution in [0, 0.1) is 0 Å². The molecule has 1 rings (SSSR count). The van der Waals surface area contributed by atoms with Gasteiger partial charge in [0, 0.05) is 19.3 Å². The molecule has 7 heteroatoms. The Morgan fingerprint density at radius 2 is 2.29 bits per heavy atom. The summed E-state index contributed by atoms with van der Waals surface area (Å²) in [5.41, 5.74) is 0. The third kappa shape index (κ3) is 3.09. The van der Waals surface area contributed by atoms with Crippen molar-refractivity contribution in [2.75, 3.05) is 27.2 Å². The molecule has 0 unspecified atom stereocenters. The molecule has 6 nitrogen and oxygen atoms in total. The van der Waals surface area contributed by atoms with Gasteiger partial charge in [-0.25, -0.2) is 13.1 Å². The van der Waals surface area contributed by atoms with Gasteiger partial charge in [-0.15, -0.1) is 0 Å². The molecule has 80 valence electrons. The number of hydrogen-bond donors (Lipinski definition) is 2. The van der Waals surface area contributed by atoms with Gasteiger partial charge in [0.25, 0.3) is 0 Å². The van der Waals surface area contributed by atoms with Gasteiger partial charge in [-0.2, -0.15) is 5.10 Å². The summed E-state index contributed by atoms with van der Waals surface area (Å²) in [4.78, 5) is 2.06. The van der Waals surface area contributed by atoms with Crippen LogP contribution in [0.25, 0.3) is 0 Å². The molecule has 1 aromatic rings. The van der Waals surface area contributed by atoms with Crippen LogP contribution < -0.4 is 4.72 Å². The fourth-order valence-corrected chi connectivity index (χ4v) is 1.80. The van der Waals surface area contributed by atoms with Gasteiger partial charge in [-0.3, -0.25) is 5.10 Å². The normalized spacial score (nSPS) is 12.2. The van der Waals surface area contributed by atoms with E-state index >= 15 is 0 Å². The predicted molar refractivity (Wildman–Crippen MR) is 52.3 cm³/mol. The lowest BCUT2D eigenvalue weighted by Gasteiger charge is -2.09. The molecule has 0 aliphatic rings. The smallest absolute Gasteiger partial charge is 0.243 e. The average Bonchev–Trinajstić information content (AvgIpc) is 2.54. The maximum Gasteiger partial charge on any atom is 0.243 e. The first kappa shape index (κ1) is 11.2. The second-order valence-electron chi connectivity index (χ2n) is 3.14. The first-order valence-corrected chi connectivity index (χ1v) is 5.64. The van der Waals surface area contributed by atoms with Gasteiger partial charge in [-0.05, 0) is 14.1 Å². The Labute approximate surface area is 83.4 Å². The number of nitrogens with zero attached hydrogens (tertiary/aromatic N) is 2. The molecule has 0 fully saturated rings. The molecule has 0 saturated heterocycles. The lowest BCUT2D eigenvalue weighted by Crippen LogP contribution is -2.31. The van der Waals surface area contributed by atoms with Gasteiger partial charge < -0.3 is 4.90 Å². The Balaban J connectivity index is 2.52. The Morgan fingerprint density at radius 1 is 1.57 bits per heavy atom. The van der Waals surface area contributed by atoms with Crippen LogP contribution in [0.1, 0.15) is 0 Å². The number of nitrogens with one attached hydrogen (secondary N) is 2. The van der Waals surface area contributed by atoms with E-state index in [0.717, 1.165) is 0 Å². The molecule has 1 aromatic heterocycles. The largest absolute Gasteiger partial charge is 0.308 e. The van der Waals surface area contributed by atoms with Crippen molar-refractivity contribution in [2.45, 2.75) is 4.90 Å². The predicted octanol–water partition coefficient (Wildman–Crippen LogP) is -0.750. The van der Waals surface area contributed by atoms with Gasteiger partial charge in [0.15, 0.2) is 0 Å². The van der Waals surface area contributed by atoms with Crippen LogP contribution in [0.3, 0.4) is 0 Å². The number of aromatic nitrogens is 2. The van der Waals surface area contributed by atoms with E-state index in [1.165, 1.54) is 12.4 Å². The van der Waals surface area contributed by atoms with Crippen molar-refractivity contribution in [3.63, 3.8) is 0 Å². The summed E-state index contributed by atoms with van der Waals surface area (Å²) in [7, 11) is 0.379. The van der Waals surface area contributed by atoms with Crippen molar-refractivity contribution in [1.82, 2.24) is 19.8 Å². The van der Waals surface area contributed by atoms with E-state index in [4.69, 9.17) is 0 Å². The Morgan fingerprint density at radius 3 is 2.79 bits per heavy atom. The summed E-state index contributed by atoms with van der Waals surface area (Å²) in [5, 5.41) is 6.03. The minimum atomic E-state index is -3.38. The molecule has 0 amide bonds. The zero-order chi connectivity index (χ0) is 10.6. The zero-order valence-corrected chi connectivity index (χ0v) is 9.00. The topological polar surface area (TPSA) is 78.1 Å². The van der Waals surface area contributed by atoms with Crippen molar-refractivity contribution in [3.8, 4) is 0 Å². The molecule has 1 heterocycles. The third-order valence-corrected chi connectivity index (χ3v) is 3.06. The van der Waals surface area contributed by atoms with Gasteiger partial charge in [0.05, 0.1) is 6.20 Å². The maximum atomic E-state index is 11.5. The highest BCUT2D eigenvalue weighted by molar-refractivity contribution is 7.89. The van der Waals surface area contributed by atoms with Crippen molar-refractivity contribution in [1.29, 1.82) is 0 Å². The zero-order valence-electron chi connectivity index (χ0n) is 8.19. The van der Waals surface area contributed by atoms with E-state index in [0.29, 0.717) is 13.1 Å². The molecule has 0 bridgehead atoms. The number of rotatable bonds is 5. The molecule has 0 spiro atoms. The third-order valence-electron chi connectivity index (χ3n) is 1.63. The first-order valence-electron chi connectivity index (χ1n) is 4.15. The van der Waals surface area contributed by atoms with Crippen LogP contribution in [-0.4, -0.2) is 50.7 Å². The fourth-order valence-electron chi connectivity index (χ4n) is 0.873. The minimum absolute atomic E-state index is 0.163. The van der Waals surface area contributed by atoms with E-state index in [1.807, 2.05) is 19.0 Å². The van der Waals surface area contributed by atoms with Crippen LogP contribution in [0.2, 0.25) is 0 Å². The highest BCUT2D eigenvalue weighted by Gasteiger charge is 2.13. The number of sulfonamides is 1. The standard InChI is InChI=1S/C7H14N4O2S/c1-11(2)4-3-10-14(12,13)7-5-8-9-6-7/h5-6,10H,3-4H2,1-2H3,(H,8,9). The highest BCUT2D eigenvalue weighted by atomic mass is 32.2. The highest BCUT2D eigenvalue weighted by Crippen LogP contribution is 2.03. The van der Waals surface area contributed by atoms with Crippen molar-refractivity contribution < 1.29 is 8.42 Å². The second kappa shape index (κ2) is 4.54. The van der Waals surface area contributed by atoms with Crippen molar-refractivity contribution in [2.24, 2.45) is 0 Å². The van der Waals surface area contributed by atoms with E-state index in [1.54, 1.807) is 0 Å². The summed E-state index contributed by atoms with van der Waals surface area (Å²) in [5.74, 6) is 0. The van der Waals surface area contributed by atoms with E-state index in [9.17, 15) is 8.42 Å². The molecule has 0 saturated carbocycles. The number of H-pyrrole nitrogens is 1. The summed E-state index contributed by atoms with van der Waals surface area (Å²) in [6.07, 6.45) is 2.62. The lowest BCUT2D eigenvalue weighted by atomic mass is 10.6. The monoisotopic (exact) mass is 218 g/mol. The van der Waals surface area contributed by atoms with Gasteiger partial charge in [-0.1, -0.05) is 0 Å². The van der Waals surface area contributed by atoms with Gasteiger partial charge >= 0.3 is 0 Å². The molecule has 14 heavy (non-hydrogen) atoms. The number of likely N-dealkylation sites (N-methyl/N-ethyl adjacent to an activating group) is 1. The summed E-state index contributed by atoms with van der Waals surface area (Å²) in [6.45, 7) is 1.05. The minimum Gasteiger partial charge on any atom is -0.308 e. The Kier molecular flexibility index (Phi) is 3.62. The van der Waals surface area contributed by atoms with Gasteiger partial charge in [0.2, 0.25) is 10.0 Å². The number of aromatic amines is 1. The summed E-state index contributed by atoms with van der Waals surface area (Å²) < 4.78 is 25.4. The quantitative estimate of drug-likeness (QED) is 0.681.